The molecule has 0 radical (unpaired) electrons. The number of hydrogen-bond acceptors (Lipinski definition) is 4. The second-order valence-electron chi connectivity index (χ2n) is 6.41. The van der Waals surface area contributed by atoms with Crippen LogP contribution in [0.5, 0.6) is 5.75 Å². The number of fused-ring (bicyclic) bond motifs is 4. The molecule has 0 aliphatic carbocycles. The Morgan fingerprint density at radius 1 is 0.885 bits per heavy atom. The Labute approximate surface area is 155 Å². The summed E-state index contributed by atoms with van der Waals surface area (Å²) in [5.41, 5.74) is 9.51. The maximum Gasteiger partial charge on any atom is 0.149 e. The summed E-state index contributed by atoms with van der Waals surface area (Å²) in [6.07, 6.45) is 0. The van der Waals surface area contributed by atoms with Gasteiger partial charge in [0.15, 0.2) is 0 Å². The van der Waals surface area contributed by atoms with E-state index in [9.17, 15) is 5.11 Å². The first-order valence-electron chi connectivity index (χ1n) is 8.45. The number of nitrogens with two attached hydrogens (primary N) is 1. The van der Waals surface area contributed by atoms with E-state index in [4.69, 9.17) is 10.7 Å². The van der Waals surface area contributed by atoms with Gasteiger partial charge in [0, 0.05) is 16.5 Å². The number of anilines is 1. The number of aliphatic imine (C=N–C) groups is 1. The molecule has 1 aliphatic rings. The van der Waals surface area contributed by atoms with Gasteiger partial charge in [0.05, 0.1) is 16.9 Å². The molecule has 1 heterocycles. The molecule has 0 spiro atoms. The number of thioether (sulfide) groups is 1. The quantitative estimate of drug-likeness (QED) is 0.344. The first-order valence-corrected chi connectivity index (χ1v) is 9.43. The van der Waals surface area contributed by atoms with Crippen LogP contribution >= 0.6 is 11.8 Å². The van der Waals surface area contributed by atoms with Crippen LogP contribution in [-0.4, -0.2) is 10.2 Å². The van der Waals surface area contributed by atoms with Crippen molar-refractivity contribution in [1.29, 1.82) is 0 Å². The first kappa shape index (κ1) is 15.3. The van der Waals surface area contributed by atoms with Crippen molar-refractivity contribution in [3.05, 3.63) is 77.9 Å². The van der Waals surface area contributed by atoms with Gasteiger partial charge < -0.3 is 10.8 Å². The van der Waals surface area contributed by atoms with E-state index >= 15 is 0 Å². The zero-order valence-corrected chi connectivity index (χ0v) is 14.8. The van der Waals surface area contributed by atoms with Crippen LogP contribution in [0.2, 0.25) is 0 Å². The third-order valence-electron chi connectivity index (χ3n) is 4.85. The maximum atomic E-state index is 10.7. The van der Waals surface area contributed by atoms with Gasteiger partial charge in [-0.3, -0.25) is 0 Å². The zero-order chi connectivity index (χ0) is 17.7. The lowest BCUT2D eigenvalue weighted by molar-refractivity contribution is 0.478. The van der Waals surface area contributed by atoms with Crippen LogP contribution in [0.25, 0.3) is 21.5 Å². The lowest BCUT2D eigenvalue weighted by Crippen LogP contribution is -2.04. The van der Waals surface area contributed by atoms with Crippen LogP contribution in [0.1, 0.15) is 11.1 Å². The van der Waals surface area contributed by atoms with E-state index in [1.54, 1.807) is 11.8 Å². The molecule has 5 rings (SSSR count). The van der Waals surface area contributed by atoms with Crippen molar-refractivity contribution in [1.82, 2.24) is 0 Å². The van der Waals surface area contributed by atoms with Gasteiger partial charge in [-0.2, -0.15) is 0 Å². The molecule has 0 saturated heterocycles. The molecule has 0 bridgehead atoms. The highest BCUT2D eigenvalue weighted by Crippen LogP contribution is 2.42. The fourth-order valence-corrected chi connectivity index (χ4v) is 4.49. The van der Waals surface area contributed by atoms with Crippen LogP contribution in [0.4, 0.5) is 11.4 Å². The Hall–Kier alpha value is -2.98. The second-order valence-corrected chi connectivity index (χ2v) is 7.37. The molecule has 0 saturated carbocycles. The van der Waals surface area contributed by atoms with Crippen molar-refractivity contribution < 1.29 is 5.11 Å². The molecule has 26 heavy (non-hydrogen) atoms. The van der Waals surface area contributed by atoms with Crippen LogP contribution in [0.15, 0.2) is 71.7 Å². The maximum absolute atomic E-state index is 10.7. The highest BCUT2D eigenvalue weighted by molar-refractivity contribution is 8.13. The van der Waals surface area contributed by atoms with Crippen molar-refractivity contribution in [3.63, 3.8) is 0 Å². The Morgan fingerprint density at radius 2 is 1.62 bits per heavy atom. The van der Waals surface area contributed by atoms with Crippen LogP contribution in [0, 0.1) is 0 Å². The predicted octanol–water partition coefficient (Wildman–Crippen LogP) is 5.61. The average molecular weight is 356 g/mol. The Balaban J connectivity index is 1.76. The molecule has 4 aromatic rings. The average Bonchev–Trinajstić information content (AvgIpc) is 2.70. The summed E-state index contributed by atoms with van der Waals surface area (Å²) in [5, 5.41) is 15.7. The molecule has 1 aliphatic heterocycles. The van der Waals surface area contributed by atoms with Gasteiger partial charge in [0.1, 0.15) is 10.8 Å². The monoisotopic (exact) mass is 356 g/mol. The Morgan fingerprint density at radius 3 is 2.46 bits per heavy atom. The van der Waals surface area contributed by atoms with Gasteiger partial charge in [0.2, 0.25) is 0 Å². The summed E-state index contributed by atoms with van der Waals surface area (Å²) < 4.78 is 0. The second kappa shape index (κ2) is 5.78. The Bertz CT molecular complexity index is 1210. The number of rotatable bonds is 1. The van der Waals surface area contributed by atoms with E-state index < -0.39 is 0 Å². The van der Waals surface area contributed by atoms with Gasteiger partial charge in [-0.1, -0.05) is 60.7 Å². The normalized spacial score (nSPS) is 13.6. The van der Waals surface area contributed by atoms with Crippen LogP contribution in [0.3, 0.4) is 0 Å². The molecule has 0 fully saturated rings. The van der Waals surface area contributed by atoms with Gasteiger partial charge in [-0.05, 0) is 22.4 Å². The molecule has 3 N–H and O–H groups in total. The first-order chi connectivity index (χ1) is 12.7. The third-order valence-corrected chi connectivity index (χ3v) is 5.89. The highest BCUT2D eigenvalue weighted by atomic mass is 32.2. The van der Waals surface area contributed by atoms with E-state index in [2.05, 4.69) is 24.3 Å². The molecule has 0 atom stereocenters. The van der Waals surface area contributed by atoms with Gasteiger partial charge in [-0.15, -0.1) is 11.8 Å². The fraction of sp³-hybridized carbons (Fsp3) is 0.0455. The van der Waals surface area contributed by atoms with Gasteiger partial charge >= 0.3 is 0 Å². The number of aromatic hydroxyl groups is 1. The molecule has 0 amide bonds. The van der Waals surface area contributed by atoms with E-state index in [1.807, 2.05) is 42.5 Å². The smallest absolute Gasteiger partial charge is 0.149 e. The summed E-state index contributed by atoms with van der Waals surface area (Å²) in [4.78, 5) is 4.92. The lowest BCUT2D eigenvalue weighted by atomic mass is 10.0. The molecular formula is C22H16N2OS. The fourth-order valence-electron chi connectivity index (χ4n) is 3.49. The van der Waals surface area contributed by atoms with Crippen molar-refractivity contribution in [3.8, 4) is 5.75 Å². The van der Waals surface area contributed by atoms with Crippen LogP contribution < -0.4 is 5.73 Å². The molecule has 0 aromatic heterocycles. The molecule has 4 heteroatoms. The number of phenolic OH excluding ortho intramolecular Hbond substituents is 1. The number of phenols is 1. The van der Waals surface area contributed by atoms with Gasteiger partial charge in [0.25, 0.3) is 0 Å². The summed E-state index contributed by atoms with van der Waals surface area (Å²) >= 11 is 1.63. The standard InChI is InChI=1S/C22H16N2OS/c23-19-16-7-3-2-6-14(16)11-18(21(19)25)22-24-20-15(12-26-22)10-9-13-5-1-4-8-17(13)20/h1-11,25H,12,23H2. The minimum absolute atomic E-state index is 0.110. The summed E-state index contributed by atoms with van der Waals surface area (Å²) in [6.45, 7) is 0. The Kier molecular flexibility index (Phi) is 3.40. The minimum atomic E-state index is 0.110. The molecular weight excluding hydrogens is 340 g/mol. The lowest BCUT2D eigenvalue weighted by Gasteiger charge is -2.19. The topological polar surface area (TPSA) is 58.6 Å². The van der Waals surface area contributed by atoms with Crippen molar-refractivity contribution >= 4 is 49.7 Å². The summed E-state index contributed by atoms with van der Waals surface area (Å²) in [5.74, 6) is 0.934. The number of nitrogens with zero attached hydrogens (tertiary/aromatic N) is 1. The highest BCUT2D eigenvalue weighted by Gasteiger charge is 2.20. The molecule has 0 unspecified atom stereocenters. The van der Waals surface area contributed by atoms with Crippen molar-refractivity contribution in [2.45, 2.75) is 5.75 Å². The molecule has 4 aromatic carbocycles. The summed E-state index contributed by atoms with van der Waals surface area (Å²) in [7, 11) is 0. The van der Waals surface area contributed by atoms with E-state index in [1.165, 1.54) is 10.9 Å². The van der Waals surface area contributed by atoms with Crippen molar-refractivity contribution in [2.75, 3.05) is 5.73 Å². The molecule has 3 nitrogen and oxygen atoms in total. The number of hydrogen-bond donors (Lipinski definition) is 2. The van der Waals surface area contributed by atoms with E-state index in [0.29, 0.717) is 11.3 Å². The molecule has 126 valence electrons. The van der Waals surface area contributed by atoms with Crippen molar-refractivity contribution in [2.24, 2.45) is 4.99 Å². The number of nitrogen functional groups attached to an aromatic ring is 1. The zero-order valence-electron chi connectivity index (χ0n) is 13.9. The van der Waals surface area contributed by atoms with E-state index in [0.717, 1.165) is 32.6 Å². The summed E-state index contributed by atoms with van der Waals surface area (Å²) in [6, 6.07) is 22.3. The van der Waals surface area contributed by atoms with E-state index in [-0.39, 0.29) is 5.75 Å². The largest absolute Gasteiger partial charge is 0.505 e. The third kappa shape index (κ3) is 2.26. The van der Waals surface area contributed by atoms with Crippen LogP contribution in [-0.2, 0) is 5.75 Å². The SMILES string of the molecule is Nc1c(O)c(C2=Nc3c(ccc4ccccc34)CS2)cc2ccccc12. The van der Waals surface area contributed by atoms with Gasteiger partial charge in [-0.25, -0.2) is 4.99 Å². The predicted molar refractivity (Wildman–Crippen MR) is 111 cm³/mol. The minimum Gasteiger partial charge on any atom is -0.505 e. The number of benzene rings is 4.